The number of ether oxygens (including phenoxy) is 1. The van der Waals surface area contributed by atoms with E-state index in [0.29, 0.717) is 10.5 Å². The van der Waals surface area contributed by atoms with Gasteiger partial charge in [0.2, 0.25) is 0 Å². The summed E-state index contributed by atoms with van der Waals surface area (Å²) in [6.45, 7) is 3.36. The first-order valence-corrected chi connectivity index (χ1v) is 13.5. The molecule has 0 amide bonds. The molecule has 2 aromatic carbocycles. The van der Waals surface area contributed by atoms with Gasteiger partial charge in [-0.3, -0.25) is 0 Å². The summed E-state index contributed by atoms with van der Waals surface area (Å²) in [5, 5.41) is 4.71. The van der Waals surface area contributed by atoms with E-state index in [1.54, 1.807) is 0 Å². The predicted octanol–water partition coefficient (Wildman–Crippen LogP) is 5.37. The predicted molar refractivity (Wildman–Crippen MR) is 142 cm³/mol. The Morgan fingerprint density at radius 1 is 1.23 bits per heavy atom. The Labute approximate surface area is 221 Å². The molecule has 0 spiro atoms. The molecule has 3 aromatic rings. The molecule has 2 unspecified atom stereocenters. The molecule has 11 heteroatoms. The second kappa shape index (κ2) is 11.5. The molecule has 0 aliphatic carbocycles. The summed E-state index contributed by atoms with van der Waals surface area (Å²) in [7, 11) is -0.592. The Bertz CT molecular complexity index is 1270. The molecule has 7 nitrogen and oxygen atoms in total. The molecular formula is C24H28Cl3N3O4S. The van der Waals surface area contributed by atoms with Crippen molar-refractivity contribution in [3.8, 4) is 0 Å². The first-order chi connectivity index (χ1) is 16.5. The fraction of sp³-hybridized carbons (Fsp3) is 0.375. The second-order valence-corrected chi connectivity index (χ2v) is 11.9. The van der Waals surface area contributed by atoms with Crippen LogP contribution >= 0.6 is 34.8 Å². The van der Waals surface area contributed by atoms with E-state index >= 15 is 0 Å². The van der Waals surface area contributed by atoms with Crippen LogP contribution in [0.25, 0.3) is 10.9 Å². The van der Waals surface area contributed by atoms with Crippen molar-refractivity contribution < 1.29 is 17.9 Å². The quantitative estimate of drug-likeness (QED) is 0.324. The van der Waals surface area contributed by atoms with Gasteiger partial charge in [0.25, 0.3) is 0 Å². The number of carbonyl (C=O) groups excluding carboxylic acids is 1. The summed E-state index contributed by atoms with van der Waals surface area (Å²) < 4.78 is 31.8. The number of benzene rings is 2. The zero-order valence-corrected chi connectivity index (χ0v) is 22.8. The van der Waals surface area contributed by atoms with Crippen molar-refractivity contribution in [2.45, 2.75) is 30.7 Å². The molecule has 0 bridgehead atoms. The van der Waals surface area contributed by atoms with Crippen molar-refractivity contribution in [2.24, 2.45) is 0 Å². The third-order valence-electron chi connectivity index (χ3n) is 5.93. The van der Waals surface area contributed by atoms with Crippen molar-refractivity contribution >= 4 is 61.3 Å². The average Bonchev–Trinajstić information content (AvgIpc) is 3.39. The molecule has 35 heavy (non-hydrogen) atoms. The summed E-state index contributed by atoms with van der Waals surface area (Å²) in [5.41, 5.74) is 1.55. The monoisotopic (exact) mass is 559 g/mol. The standard InChI is InChI=1S/C21H24ClN3O2S.C3H4Cl2O2/c1-24(2)28(26,27)25-14-19(22)18-12-17(8-9-20(18)25)21(10-11-23-15-21)13-16-6-4-3-5-7-16;1-2(4)7-3(5)6/h3-9,12,14,23H,10-11,13,15H2,1-2H3;2H,1H3. The molecule has 1 fully saturated rings. The van der Waals surface area contributed by atoms with E-state index in [1.165, 1.54) is 46.6 Å². The van der Waals surface area contributed by atoms with E-state index in [9.17, 15) is 13.2 Å². The molecule has 2 heterocycles. The van der Waals surface area contributed by atoms with Gasteiger partial charge in [-0.2, -0.15) is 12.7 Å². The first-order valence-electron chi connectivity index (χ1n) is 11.0. The van der Waals surface area contributed by atoms with E-state index in [-0.39, 0.29) is 5.41 Å². The van der Waals surface area contributed by atoms with Gasteiger partial charge in [-0.25, -0.2) is 8.77 Å². The smallest absolute Gasteiger partial charge is 0.405 e. The fourth-order valence-electron chi connectivity index (χ4n) is 4.22. The average molecular weight is 561 g/mol. The van der Waals surface area contributed by atoms with Gasteiger partial charge in [0, 0.05) is 49.2 Å². The van der Waals surface area contributed by atoms with Gasteiger partial charge >= 0.3 is 15.6 Å². The normalized spacial score (nSPS) is 18.8. The maximum atomic E-state index is 12.6. The highest BCUT2D eigenvalue weighted by molar-refractivity contribution is 7.87. The molecule has 0 saturated carbocycles. The van der Waals surface area contributed by atoms with Crippen LogP contribution in [0.4, 0.5) is 4.79 Å². The van der Waals surface area contributed by atoms with Crippen LogP contribution in [0.15, 0.2) is 54.7 Å². The Hall–Kier alpha value is -1.81. The van der Waals surface area contributed by atoms with Crippen molar-refractivity contribution in [3.05, 3.63) is 70.9 Å². The minimum atomic E-state index is -3.63. The summed E-state index contributed by atoms with van der Waals surface area (Å²) in [5.74, 6) is 0. The lowest BCUT2D eigenvalue weighted by molar-refractivity contribution is 0.166. The minimum absolute atomic E-state index is 0.0264. The van der Waals surface area contributed by atoms with E-state index in [1.807, 2.05) is 12.1 Å². The highest BCUT2D eigenvalue weighted by Gasteiger charge is 2.36. The van der Waals surface area contributed by atoms with E-state index < -0.39 is 21.2 Å². The maximum absolute atomic E-state index is 12.6. The minimum Gasteiger partial charge on any atom is -0.434 e. The van der Waals surface area contributed by atoms with Gasteiger partial charge in [-0.1, -0.05) is 59.6 Å². The largest absolute Gasteiger partial charge is 0.434 e. The molecule has 190 valence electrons. The van der Waals surface area contributed by atoms with E-state index in [0.717, 1.165) is 31.3 Å². The van der Waals surface area contributed by atoms with Crippen LogP contribution < -0.4 is 5.32 Å². The lowest BCUT2D eigenvalue weighted by atomic mass is 9.74. The topological polar surface area (TPSA) is 80.6 Å². The lowest BCUT2D eigenvalue weighted by Gasteiger charge is -2.29. The van der Waals surface area contributed by atoms with Crippen LogP contribution in [0.5, 0.6) is 0 Å². The summed E-state index contributed by atoms with van der Waals surface area (Å²) >= 11 is 16.3. The Morgan fingerprint density at radius 2 is 1.91 bits per heavy atom. The molecular weight excluding hydrogens is 533 g/mol. The maximum Gasteiger partial charge on any atom is 0.405 e. The van der Waals surface area contributed by atoms with Gasteiger partial charge in [0.05, 0.1) is 10.5 Å². The van der Waals surface area contributed by atoms with Crippen LogP contribution in [-0.4, -0.2) is 54.9 Å². The highest BCUT2D eigenvalue weighted by atomic mass is 35.5. The van der Waals surface area contributed by atoms with Gasteiger partial charge in [-0.15, -0.1) is 0 Å². The molecule has 1 aromatic heterocycles. The molecule has 1 N–H and O–H groups in total. The van der Waals surface area contributed by atoms with Crippen molar-refractivity contribution in [3.63, 3.8) is 0 Å². The van der Waals surface area contributed by atoms with E-state index in [2.05, 4.69) is 46.5 Å². The number of hydrogen-bond donors (Lipinski definition) is 1. The molecule has 2 atom stereocenters. The SMILES string of the molecule is CC(Cl)OC(=O)Cl.CN(C)S(=O)(=O)n1cc(Cl)c2cc(C3(Cc4ccccc4)CCNC3)ccc21. The number of aromatic nitrogens is 1. The number of rotatable bonds is 6. The molecule has 1 aliphatic heterocycles. The fourth-order valence-corrected chi connectivity index (χ4v) is 5.78. The van der Waals surface area contributed by atoms with Gasteiger partial charge < -0.3 is 10.1 Å². The first kappa shape index (κ1) is 27.8. The van der Waals surface area contributed by atoms with Crippen LogP contribution in [0, 0.1) is 0 Å². The number of alkyl halides is 1. The number of fused-ring (bicyclic) bond motifs is 1. The Balaban J connectivity index is 0.000000429. The molecule has 4 rings (SSSR count). The number of nitrogens with one attached hydrogen (secondary N) is 1. The number of carbonyl (C=O) groups is 1. The van der Waals surface area contributed by atoms with Crippen LogP contribution in [0.2, 0.25) is 5.02 Å². The summed E-state index contributed by atoms with van der Waals surface area (Å²) in [4.78, 5) is 9.71. The van der Waals surface area contributed by atoms with Crippen molar-refractivity contribution in [1.82, 2.24) is 13.6 Å². The molecule has 0 radical (unpaired) electrons. The van der Waals surface area contributed by atoms with Crippen LogP contribution in [0.3, 0.4) is 0 Å². The summed E-state index contributed by atoms with van der Waals surface area (Å²) in [6, 6.07) is 16.5. The van der Waals surface area contributed by atoms with E-state index in [4.69, 9.17) is 34.8 Å². The number of halogens is 3. The Morgan fingerprint density at radius 3 is 2.43 bits per heavy atom. The zero-order valence-electron chi connectivity index (χ0n) is 19.7. The van der Waals surface area contributed by atoms with Crippen LogP contribution in [-0.2, 0) is 26.8 Å². The zero-order chi connectivity index (χ0) is 25.8. The number of hydrogen-bond acceptors (Lipinski definition) is 5. The Kier molecular flexibility index (Phi) is 9.12. The van der Waals surface area contributed by atoms with Crippen molar-refractivity contribution in [2.75, 3.05) is 27.2 Å². The van der Waals surface area contributed by atoms with Crippen LogP contribution in [0.1, 0.15) is 24.5 Å². The second-order valence-electron chi connectivity index (χ2n) is 8.56. The third-order valence-corrected chi connectivity index (χ3v) is 8.13. The number of nitrogens with zero attached hydrogens (tertiary/aromatic N) is 2. The van der Waals surface area contributed by atoms with Crippen molar-refractivity contribution in [1.29, 1.82) is 0 Å². The summed E-state index contributed by atoms with van der Waals surface area (Å²) in [6.07, 6.45) is 3.45. The van der Waals surface area contributed by atoms with Gasteiger partial charge in [0.1, 0.15) is 0 Å². The molecule has 1 aliphatic rings. The highest BCUT2D eigenvalue weighted by Crippen LogP contribution is 2.38. The molecule has 1 saturated heterocycles. The van der Waals surface area contributed by atoms with Gasteiger partial charge in [0.15, 0.2) is 5.56 Å². The lowest BCUT2D eigenvalue weighted by Crippen LogP contribution is -2.31. The van der Waals surface area contributed by atoms with Gasteiger partial charge in [-0.05, 0) is 49.6 Å². The third kappa shape index (κ3) is 6.50.